The second kappa shape index (κ2) is 8.88. The molecule has 1 saturated heterocycles. The van der Waals surface area contributed by atoms with Crippen molar-refractivity contribution in [3.8, 4) is 0 Å². The summed E-state index contributed by atoms with van der Waals surface area (Å²) in [4.78, 5) is 16.7. The van der Waals surface area contributed by atoms with Gasteiger partial charge in [-0.1, -0.05) is 23.7 Å². The maximum atomic E-state index is 13.7. The lowest BCUT2D eigenvalue weighted by molar-refractivity contribution is 0.0507. The smallest absolute Gasteiger partial charge is 0.255 e. The van der Waals surface area contributed by atoms with E-state index in [4.69, 9.17) is 16.3 Å². The van der Waals surface area contributed by atoms with Gasteiger partial charge in [0.25, 0.3) is 5.91 Å². The minimum absolute atomic E-state index is 0.0523. The average Bonchev–Trinajstić information content (AvgIpc) is 3.17. The molecular weight excluding hydrogens is 386 g/mol. The monoisotopic (exact) mass is 408 g/mol. The van der Waals surface area contributed by atoms with Crippen LogP contribution in [0.4, 0.5) is 14.5 Å². The Kier molecular flexibility index (Phi) is 6.52. The highest BCUT2D eigenvalue weighted by Gasteiger charge is 2.26. The Morgan fingerprint density at radius 3 is 2.46 bits per heavy atom. The molecule has 1 aliphatic rings. The minimum atomic E-state index is -1.10. The van der Waals surface area contributed by atoms with Gasteiger partial charge in [-0.2, -0.15) is 0 Å². The lowest BCUT2D eigenvalue weighted by Gasteiger charge is -2.26. The van der Waals surface area contributed by atoms with Crippen LogP contribution < -0.4 is 4.90 Å². The van der Waals surface area contributed by atoms with Crippen molar-refractivity contribution in [2.45, 2.75) is 25.5 Å². The number of benzene rings is 2. The number of nitrogens with zero attached hydrogens (tertiary/aromatic N) is 2. The lowest BCUT2D eigenvalue weighted by Crippen LogP contribution is -2.37. The van der Waals surface area contributed by atoms with E-state index in [2.05, 4.69) is 0 Å². The Bertz CT molecular complexity index is 837. The second-order valence-electron chi connectivity index (χ2n) is 7.13. The van der Waals surface area contributed by atoms with Crippen molar-refractivity contribution < 1.29 is 18.3 Å². The van der Waals surface area contributed by atoms with E-state index in [1.165, 1.54) is 0 Å². The summed E-state index contributed by atoms with van der Waals surface area (Å²) in [6.45, 7) is 1.35. The predicted molar refractivity (Wildman–Crippen MR) is 106 cm³/mol. The van der Waals surface area contributed by atoms with Crippen molar-refractivity contribution in [3.63, 3.8) is 0 Å². The second-order valence-corrected chi connectivity index (χ2v) is 7.53. The topological polar surface area (TPSA) is 32.8 Å². The number of amides is 1. The van der Waals surface area contributed by atoms with E-state index in [0.29, 0.717) is 19.7 Å². The van der Waals surface area contributed by atoms with Crippen LogP contribution in [0.1, 0.15) is 28.8 Å². The molecule has 1 fully saturated rings. The Morgan fingerprint density at radius 2 is 1.86 bits per heavy atom. The summed E-state index contributed by atoms with van der Waals surface area (Å²) in [6.07, 6.45) is 1.72. The number of carbonyl (C=O) groups is 1. The van der Waals surface area contributed by atoms with Crippen LogP contribution in [0.3, 0.4) is 0 Å². The predicted octanol–water partition coefficient (Wildman–Crippen LogP) is 4.51. The molecule has 28 heavy (non-hydrogen) atoms. The van der Waals surface area contributed by atoms with Crippen LogP contribution in [0.25, 0.3) is 0 Å². The molecule has 0 spiro atoms. The van der Waals surface area contributed by atoms with Gasteiger partial charge in [-0.15, -0.1) is 0 Å². The van der Waals surface area contributed by atoms with Gasteiger partial charge in [-0.05, 0) is 42.7 Å². The zero-order chi connectivity index (χ0) is 20.3. The number of ether oxygens (including phenoxy) is 1. The van der Waals surface area contributed by atoms with Gasteiger partial charge in [0, 0.05) is 39.5 Å². The molecule has 0 N–H and O–H groups in total. The van der Waals surface area contributed by atoms with Gasteiger partial charge < -0.3 is 14.5 Å². The van der Waals surface area contributed by atoms with Crippen LogP contribution in [-0.4, -0.2) is 44.2 Å². The van der Waals surface area contributed by atoms with Crippen molar-refractivity contribution in [3.05, 3.63) is 64.2 Å². The molecule has 4 nitrogen and oxygen atoms in total. The average molecular weight is 409 g/mol. The lowest BCUT2D eigenvalue weighted by atomic mass is 10.1. The minimum Gasteiger partial charge on any atom is -0.378 e. The third kappa shape index (κ3) is 4.80. The molecule has 1 aliphatic heterocycles. The molecular formula is C21H23ClF2N2O2. The molecule has 1 unspecified atom stereocenters. The van der Waals surface area contributed by atoms with E-state index < -0.39 is 17.5 Å². The quantitative estimate of drug-likeness (QED) is 0.659. The third-order valence-electron chi connectivity index (χ3n) is 4.80. The fourth-order valence-electron chi connectivity index (χ4n) is 3.23. The number of carbonyl (C=O) groups excluding carboxylic acids is 1. The molecule has 7 heteroatoms. The van der Waals surface area contributed by atoms with E-state index in [9.17, 15) is 13.6 Å². The molecule has 2 aromatic carbocycles. The van der Waals surface area contributed by atoms with E-state index in [-0.39, 0.29) is 16.7 Å². The van der Waals surface area contributed by atoms with E-state index in [1.807, 2.05) is 43.3 Å². The molecule has 150 valence electrons. The first-order valence-corrected chi connectivity index (χ1v) is 9.54. The molecule has 0 saturated carbocycles. The molecule has 0 bridgehead atoms. The third-order valence-corrected chi connectivity index (χ3v) is 5.11. The zero-order valence-electron chi connectivity index (χ0n) is 15.9. The van der Waals surface area contributed by atoms with Gasteiger partial charge in [0.2, 0.25) is 0 Å². The fraction of sp³-hybridized carbons (Fsp3) is 0.381. The molecule has 1 amide bonds. The maximum absolute atomic E-state index is 13.7. The van der Waals surface area contributed by atoms with Crippen molar-refractivity contribution in [2.75, 3.05) is 32.1 Å². The van der Waals surface area contributed by atoms with Crippen molar-refractivity contribution in [1.82, 2.24) is 4.90 Å². The molecule has 2 aromatic rings. The first-order valence-electron chi connectivity index (χ1n) is 9.17. The Hall–Kier alpha value is -2.18. The van der Waals surface area contributed by atoms with Gasteiger partial charge in [0.1, 0.15) is 0 Å². The molecule has 0 aliphatic carbocycles. The normalized spacial score (nSPS) is 16.2. The van der Waals surface area contributed by atoms with Crippen molar-refractivity contribution in [1.29, 1.82) is 0 Å². The highest BCUT2D eigenvalue weighted by Crippen LogP contribution is 2.24. The maximum Gasteiger partial charge on any atom is 0.255 e. The van der Waals surface area contributed by atoms with Crippen LogP contribution in [0, 0.1) is 11.6 Å². The summed E-state index contributed by atoms with van der Waals surface area (Å²) in [5.41, 5.74) is 1.92. The number of halogens is 3. The van der Waals surface area contributed by atoms with Gasteiger partial charge in [0.15, 0.2) is 11.6 Å². The summed E-state index contributed by atoms with van der Waals surface area (Å²) >= 11 is 6.02. The Balaban J connectivity index is 1.85. The number of rotatable bonds is 6. The van der Waals surface area contributed by atoms with E-state index in [0.717, 1.165) is 36.2 Å². The molecule has 0 aromatic heterocycles. The summed E-state index contributed by atoms with van der Waals surface area (Å²) in [5.74, 6) is -2.62. The van der Waals surface area contributed by atoms with Crippen molar-refractivity contribution in [2.24, 2.45) is 0 Å². The number of hydrogen-bond donors (Lipinski definition) is 0. The summed E-state index contributed by atoms with van der Waals surface area (Å²) in [7, 11) is 3.90. The van der Waals surface area contributed by atoms with Gasteiger partial charge in [-0.25, -0.2) is 8.78 Å². The molecule has 3 rings (SSSR count). The first-order chi connectivity index (χ1) is 13.3. The highest BCUT2D eigenvalue weighted by molar-refractivity contribution is 6.33. The number of hydrogen-bond acceptors (Lipinski definition) is 3. The Morgan fingerprint density at radius 1 is 1.18 bits per heavy atom. The summed E-state index contributed by atoms with van der Waals surface area (Å²) < 4.78 is 32.8. The van der Waals surface area contributed by atoms with Gasteiger partial charge in [0.05, 0.1) is 16.7 Å². The highest BCUT2D eigenvalue weighted by atomic mass is 35.5. The zero-order valence-corrected chi connectivity index (χ0v) is 16.7. The standard InChI is InChI=1S/C21H23ClF2N2O2/c1-25(2)15-7-5-14(6-8-15)12-26(13-16-4-3-9-28-16)21(27)17-10-19(23)20(24)11-18(17)22/h5-8,10-11,16H,3-4,9,12-13H2,1-2H3. The summed E-state index contributed by atoms with van der Waals surface area (Å²) in [5, 5.41) is -0.107. The molecule has 1 atom stereocenters. The van der Waals surface area contributed by atoms with Crippen LogP contribution in [0.15, 0.2) is 36.4 Å². The van der Waals surface area contributed by atoms with Crippen LogP contribution in [-0.2, 0) is 11.3 Å². The largest absolute Gasteiger partial charge is 0.378 e. The summed E-state index contributed by atoms with van der Waals surface area (Å²) in [6, 6.07) is 9.51. The van der Waals surface area contributed by atoms with Crippen LogP contribution in [0.5, 0.6) is 0 Å². The fourth-order valence-corrected chi connectivity index (χ4v) is 3.46. The van der Waals surface area contributed by atoms with E-state index >= 15 is 0 Å². The Labute approximate surface area is 168 Å². The number of anilines is 1. The van der Waals surface area contributed by atoms with E-state index in [1.54, 1.807) is 4.90 Å². The molecule has 0 radical (unpaired) electrons. The van der Waals surface area contributed by atoms with Gasteiger partial charge >= 0.3 is 0 Å². The van der Waals surface area contributed by atoms with Crippen molar-refractivity contribution >= 4 is 23.2 Å². The molecule has 1 heterocycles. The SMILES string of the molecule is CN(C)c1ccc(CN(CC2CCCO2)C(=O)c2cc(F)c(F)cc2Cl)cc1. The van der Waals surface area contributed by atoms with Crippen LogP contribution >= 0.6 is 11.6 Å². The van der Waals surface area contributed by atoms with Crippen LogP contribution in [0.2, 0.25) is 5.02 Å². The first kappa shape index (κ1) is 20.6. The van der Waals surface area contributed by atoms with Gasteiger partial charge in [-0.3, -0.25) is 4.79 Å².